The van der Waals surface area contributed by atoms with Crippen molar-refractivity contribution in [1.82, 2.24) is 10.5 Å². The predicted octanol–water partition coefficient (Wildman–Crippen LogP) is 1.18. The number of carbonyl (C=O) groups is 1. The van der Waals surface area contributed by atoms with E-state index in [0.717, 1.165) is 6.42 Å². The summed E-state index contributed by atoms with van der Waals surface area (Å²) >= 11 is 0. The summed E-state index contributed by atoms with van der Waals surface area (Å²) in [5.74, 6) is 0.256. The molecule has 1 aromatic heterocycles. The molecule has 0 aromatic carbocycles. The molecule has 1 heterocycles. The fraction of sp³-hybridized carbons (Fsp3) is 0.636. The number of carbonyl (C=O) groups excluding carboxylic acids is 1. The molecule has 5 heteroatoms. The van der Waals surface area contributed by atoms with Gasteiger partial charge in [-0.05, 0) is 20.3 Å². The number of aliphatic hydroxyl groups is 1. The predicted molar refractivity (Wildman–Crippen MR) is 59.2 cm³/mol. The van der Waals surface area contributed by atoms with E-state index in [1.54, 1.807) is 13.8 Å². The molecule has 2 N–H and O–H groups in total. The maximum Gasteiger partial charge on any atom is 0.256 e. The van der Waals surface area contributed by atoms with Gasteiger partial charge in [0.05, 0.1) is 11.8 Å². The summed E-state index contributed by atoms with van der Waals surface area (Å²) in [4.78, 5) is 11.7. The molecule has 1 rings (SSSR count). The van der Waals surface area contributed by atoms with Gasteiger partial charge in [-0.15, -0.1) is 0 Å². The topological polar surface area (TPSA) is 75.4 Å². The summed E-state index contributed by atoms with van der Waals surface area (Å²) < 4.78 is 4.90. The first-order chi connectivity index (χ1) is 7.56. The standard InChI is InChI=1S/C11H18N2O3/c1-4-5-9(14)6-12-11(15)10-7(2)13-16-8(10)3/h9,14H,4-6H2,1-3H3,(H,12,15). The first-order valence-electron chi connectivity index (χ1n) is 5.45. The summed E-state index contributed by atoms with van der Waals surface area (Å²) in [5.41, 5.74) is 1.03. The molecule has 1 atom stereocenters. The Morgan fingerprint density at radius 1 is 1.56 bits per heavy atom. The lowest BCUT2D eigenvalue weighted by atomic mass is 10.1. The van der Waals surface area contributed by atoms with Crippen LogP contribution in [0.4, 0.5) is 0 Å². The maximum absolute atomic E-state index is 11.7. The molecule has 0 radical (unpaired) electrons. The van der Waals surface area contributed by atoms with Crippen LogP contribution in [0.3, 0.4) is 0 Å². The summed E-state index contributed by atoms with van der Waals surface area (Å²) in [6, 6.07) is 0. The van der Waals surface area contributed by atoms with Crippen LogP contribution in [0.5, 0.6) is 0 Å². The number of nitrogens with one attached hydrogen (secondary N) is 1. The Kier molecular flexibility index (Phi) is 4.49. The fourth-order valence-electron chi connectivity index (χ4n) is 1.54. The van der Waals surface area contributed by atoms with E-state index in [2.05, 4.69) is 10.5 Å². The summed E-state index contributed by atoms with van der Waals surface area (Å²) in [7, 11) is 0. The van der Waals surface area contributed by atoms with Crippen LogP contribution < -0.4 is 5.32 Å². The van der Waals surface area contributed by atoms with Gasteiger partial charge >= 0.3 is 0 Å². The number of amides is 1. The zero-order valence-corrected chi connectivity index (χ0v) is 9.91. The van der Waals surface area contributed by atoms with Crippen molar-refractivity contribution in [3.8, 4) is 0 Å². The van der Waals surface area contributed by atoms with Crippen molar-refractivity contribution in [3.63, 3.8) is 0 Å². The van der Waals surface area contributed by atoms with Gasteiger partial charge in [0.15, 0.2) is 0 Å². The number of hydrogen-bond acceptors (Lipinski definition) is 4. The van der Waals surface area contributed by atoms with E-state index in [9.17, 15) is 9.90 Å². The lowest BCUT2D eigenvalue weighted by molar-refractivity contribution is 0.0908. The van der Waals surface area contributed by atoms with Crippen molar-refractivity contribution in [2.24, 2.45) is 0 Å². The van der Waals surface area contributed by atoms with Gasteiger partial charge < -0.3 is 14.9 Å². The highest BCUT2D eigenvalue weighted by atomic mass is 16.5. The molecule has 1 unspecified atom stereocenters. The van der Waals surface area contributed by atoms with E-state index >= 15 is 0 Å². The van der Waals surface area contributed by atoms with Crippen molar-refractivity contribution >= 4 is 5.91 Å². The third kappa shape index (κ3) is 3.06. The Hall–Kier alpha value is -1.36. The number of aryl methyl sites for hydroxylation is 2. The van der Waals surface area contributed by atoms with E-state index < -0.39 is 6.10 Å². The van der Waals surface area contributed by atoms with Crippen molar-refractivity contribution in [1.29, 1.82) is 0 Å². The Morgan fingerprint density at radius 2 is 2.25 bits per heavy atom. The van der Waals surface area contributed by atoms with Gasteiger partial charge in [-0.2, -0.15) is 0 Å². The molecule has 90 valence electrons. The summed E-state index contributed by atoms with van der Waals surface area (Å²) in [5, 5.41) is 15.8. The van der Waals surface area contributed by atoms with Crippen molar-refractivity contribution in [2.45, 2.75) is 39.7 Å². The molecular weight excluding hydrogens is 208 g/mol. The highest BCUT2D eigenvalue weighted by molar-refractivity contribution is 5.96. The maximum atomic E-state index is 11.7. The third-order valence-electron chi connectivity index (χ3n) is 2.38. The number of nitrogens with zero attached hydrogens (tertiary/aromatic N) is 1. The van der Waals surface area contributed by atoms with Gasteiger partial charge in [0, 0.05) is 6.54 Å². The first kappa shape index (κ1) is 12.7. The zero-order chi connectivity index (χ0) is 12.1. The van der Waals surface area contributed by atoms with Gasteiger partial charge in [-0.1, -0.05) is 18.5 Å². The van der Waals surface area contributed by atoms with Gasteiger partial charge in [0.1, 0.15) is 11.3 Å². The minimum Gasteiger partial charge on any atom is -0.391 e. The molecule has 0 aliphatic heterocycles. The second kappa shape index (κ2) is 5.65. The highest BCUT2D eigenvalue weighted by Crippen LogP contribution is 2.11. The monoisotopic (exact) mass is 226 g/mol. The van der Waals surface area contributed by atoms with Crippen LogP contribution in [-0.4, -0.2) is 28.8 Å². The zero-order valence-electron chi connectivity index (χ0n) is 9.91. The molecular formula is C11H18N2O3. The average molecular weight is 226 g/mol. The highest BCUT2D eigenvalue weighted by Gasteiger charge is 2.17. The molecule has 16 heavy (non-hydrogen) atoms. The van der Waals surface area contributed by atoms with E-state index in [1.165, 1.54) is 0 Å². The molecule has 1 aromatic rings. The molecule has 0 saturated heterocycles. The molecule has 0 aliphatic rings. The smallest absolute Gasteiger partial charge is 0.256 e. The molecule has 0 fully saturated rings. The second-order valence-corrected chi connectivity index (χ2v) is 3.85. The van der Waals surface area contributed by atoms with Crippen LogP contribution in [-0.2, 0) is 0 Å². The van der Waals surface area contributed by atoms with E-state index in [4.69, 9.17) is 4.52 Å². The van der Waals surface area contributed by atoms with Crippen LogP contribution >= 0.6 is 0 Å². The summed E-state index contributed by atoms with van der Waals surface area (Å²) in [6.07, 6.45) is 1.08. The minimum absolute atomic E-state index is 0.244. The molecule has 0 spiro atoms. The van der Waals surface area contributed by atoms with E-state index in [-0.39, 0.29) is 12.5 Å². The van der Waals surface area contributed by atoms with Crippen LogP contribution in [0, 0.1) is 13.8 Å². The molecule has 0 saturated carbocycles. The Labute approximate surface area is 94.8 Å². The second-order valence-electron chi connectivity index (χ2n) is 3.85. The lowest BCUT2D eigenvalue weighted by Crippen LogP contribution is -2.32. The quantitative estimate of drug-likeness (QED) is 0.790. The molecule has 0 aliphatic carbocycles. The summed E-state index contributed by atoms with van der Waals surface area (Å²) in [6.45, 7) is 5.65. The van der Waals surface area contributed by atoms with Crippen molar-refractivity contribution in [2.75, 3.05) is 6.54 Å². The Balaban J connectivity index is 2.53. The number of hydrogen-bond donors (Lipinski definition) is 2. The van der Waals surface area contributed by atoms with E-state index in [1.807, 2.05) is 6.92 Å². The SMILES string of the molecule is CCCC(O)CNC(=O)c1c(C)noc1C. The average Bonchev–Trinajstić information content (AvgIpc) is 2.56. The molecule has 0 bridgehead atoms. The lowest BCUT2D eigenvalue weighted by Gasteiger charge is -2.10. The van der Waals surface area contributed by atoms with Gasteiger partial charge in [-0.25, -0.2) is 0 Å². The Morgan fingerprint density at radius 3 is 2.75 bits per heavy atom. The third-order valence-corrected chi connectivity index (χ3v) is 2.38. The van der Waals surface area contributed by atoms with Gasteiger partial charge in [0.2, 0.25) is 0 Å². The van der Waals surface area contributed by atoms with Crippen molar-refractivity contribution < 1.29 is 14.4 Å². The number of aliphatic hydroxyl groups excluding tert-OH is 1. The Bertz CT molecular complexity index is 341. The van der Waals surface area contributed by atoms with Gasteiger partial charge in [0.25, 0.3) is 5.91 Å². The largest absolute Gasteiger partial charge is 0.391 e. The number of aromatic nitrogens is 1. The van der Waals surface area contributed by atoms with Crippen LogP contribution in [0.25, 0.3) is 0 Å². The number of rotatable bonds is 5. The molecule has 5 nitrogen and oxygen atoms in total. The molecule has 1 amide bonds. The normalized spacial score (nSPS) is 12.5. The van der Waals surface area contributed by atoms with Crippen LogP contribution in [0.15, 0.2) is 4.52 Å². The van der Waals surface area contributed by atoms with Crippen LogP contribution in [0.1, 0.15) is 41.6 Å². The fourth-order valence-corrected chi connectivity index (χ4v) is 1.54. The van der Waals surface area contributed by atoms with E-state index in [0.29, 0.717) is 23.4 Å². The van der Waals surface area contributed by atoms with Crippen molar-refractivity contribution in [3.05, 3.63) is 17.0 Å². The minimum atomic E-state index is -0.491. The first-order valence-corrected chi connectivity index (χ1v) is 5.45. The van der Waals surface area contributed by atoms with Gasteiger partial charge in [-0.3, -0.25) is 4.79 Å². The van der Waals surface area contributed by atoms with Crippen LogP contribution in [0.2, 0.25) is 0 Å².